The van der Waals surface area contributed by atoms with E-state index >= 15 is 0 Å². The molecule has 1 aromatic rings. The molecule has 0 radical (unpaired) electrons. The third kappa shape index (κ3) is 1.44. The van der Waals surface area contributed by atoms with Crippen molar-refractivity contribution in [3.05, 3.63) is 29.8 Å². The number of aliphatic carboxylic acids is 1. The Balaban J connectivity index is 2.33. The second-order valence-electron chi connectivity index (χ2n) is 3.23. The van der Waals surface area contributed by atoms with Crippen LogP contribution in [0.15, 0.2) is 24.3 Å². The maximum atomic E-state index is 10.7. The first-order valence-corrected chi connectivity index (χ1v) is 4.35. The van der Waals surface area contributed by atoms with Crippen molar-refractivity contribution in [1.82, 2.24) is 0 Å². The van der Waals surface area contributed by atoms with Gasteiger partial charge in [-0.25, -0.2) is 4.79 Å². The van der Waals surface area contributed by atoms with Crippen LogP contribution in [0.4, 0.5) is 0 Å². The van der Waals surface area contributed by atoms with Crippen LogP contribution < -0.4 is 4.74 Å². The SMILES string of the molecule is O=C(O)[C@@H]1C[C@@H](O)c2ccccc2O1. The summed E-state index contributed by atoms with van der Waals surface area (Å²) in [5.41, 5.74) is 0.657. The average molecular weight is 194 g/mol. The van der Waals surface area contributed by atoms with Crippen LogP contribution in [0, 0.1) is 0 Å². The molecule has 1 aliphatic rings. The van der Waals surface area contributed by atoms with Gasteiger partial charge in [0.05, 0.1) is 6.10 Å². The van der Waals surface area contributed by atoms with Gasteiger partial charge in [-0.15, -0.1) is 0 Å². The Morgan fingerprint density at radius 2 is 2.14 bits per heavy atom. The van der Waals surface area contributed by atoms with E-state index in [4.69, 9.17) is 9.84 Å². The number of hydrogen-bond acceptors (Lipinski definition) is 3. The zero-order chi connectivity index (χ0) is 10.1. The fraction of sp³-hybridized carbons (Fsp3) is 0.300. The lowest BCUT2D eigenvalue weighted by molar-refractivity contribution is -0.147. The number of ether oxygens (including phenoxy) is 1. The van der Waals surface area contributed by atoms with Crippen LogP contribution in [0.5, 0.6) is 5.75 Å². The largest absolute Gasteiger partial charge is 0.479 e. The summed E-state index contributed by atoms with van der Waals surface area (Å²) in [6.07, 6.45) is -1.59. The molecule has 1 aromatic carbocycles. The highest BCUT2D eigenvalue weighted by atomic mass is 16.5. The predicted molar refractivity (Wildman–Crippen MR) is 48.1 cm³/mol. The summed E-state index contributed by atoms with van der Waals surface area (Å²) in [4.78, 5) is 10.7. The average Bonchev–Trinajstić information content (AvgIpc) is 2.17. The fourth-order valence-corrected chi connectivity index (χ4v) is 1.55. The molecule has 2 atom stereocenters. The summed E-state index contributed by atoms with van der Waals surface area (Å²) in [6, 6.07) is 6.92. The van der Waals surface area contributed by atoms with Crippen molar-refractivity contribution in [2.24, 2.45) is 0 Å². The number of aliphatic hydroxyl groups is 1. The fourth-order valence-electron chi connectivity index (χ4n) is 1.55. The van der Waals surface area contributed by atoms with Crippen LogP contribution >= 0.6 is 0 Å². The minimum absolute atomic E-state index is 0.104. The first-order chi connectivity index (χ1) is 6.68. The highest BCUT2D eigenvalue weighted by Crippen LogP contribution is 2.34. The van der Waals surface area contributed by atoms with Gasteiger partial charge in [0.1, 0.15) is 5.75 Å². The van der Waals surface area contributed by atoms with Crippen LogP contribution in [-0.4, -0.2) is 22.3 Å². The molecule has 0 amide bonds. The molecule has 0 bridgehead atoms. The molecule has 4 nitrogen and oxygen atoms in total. The second-order valence-corrected chi connectivity index (χ2v) is 3.23. The van der Waals surface area contributed by atoms with E-state index in [1.54, 1.807) is 24.3 Å². The molecular formula is C10H10O4. The molecule has 0 fully saturated rings. The van der Waals surface area contributed by atoms with Crippen molar-refractivity contribution in [1.29, 1.82) is 0 Å². The monoisotopic (exact) mass is 194 g/mol. The molecule has 0 aromatic heterocycles. The number of aliphatic hydroxyl groups excluding tert-OH is 1. The lowest BCUT2D eigenvalue weighted by Gasteiger charge is -2.26. The summed E-state index contributed by atoms with van der Waals surface area (Å²) in [5.74, 6) is -0.586. The van der Waals surface area contributed by atoms with Crippen LogP contribution in [-0.2, 0) is 4.79 Å². The molecule has 1 heterocycles. The van der Waals surface area contributed by atoms with Gasteiger partial charge in [-0.05, 0) is 6.07 Å². The third-order valence-corrected chi connectivity index (χ3v) is 2.26. The van der Waals surface area contributed by atoms with Gasteiger partial charge in [0, 0.05) is 12.0 Å². The Morgan fingerprint density at radius 1 is 1.43 bits per heavy atom. The molecule has 0 aliphatic carbocycles. The molecule has 0 unspecified atom stereocenters. The molecule has 1 aliphatic heterocycles. The number of fused-ring (bicyclic) bond motifs is 1. The standard InChI is InChI=1S/C10H10O4/c11-7-5-9(10(12)13)14-8-4-2-1-3-6(7)8/h1-4,7,9,11H,5H2,(H,12,13)/t7-,9+/m1/s1. The van der Waals surface area contributed by atoms with Crippen LogP contribution in [0.2, 0.25) is 0 Å². The summed E-state index contributed by atoms with van der Waals surface area (Å²) in [5, 5.41) is 18.4. The number of carbonyl (C=O) groups is 1. The van der Waals surface area contributed by atoms with Gasteiger partial charge < -0.3 is 14.9 Å². The van der Waals surface area contributed by atoms with Gasteiger partial charge in [0.15, 0.2) is 6.10 Å². The Hall–Kier alpha value is -1.55. The van der Waals surface area contributed by atoms with Gasteiger partial charge in [0.2, 0.25) is 0 Å². The van der Waals surface area contributed by atoms with E-state index in [9.17, 15) is 9.90 Å². The van der Waals surface area contributed by atoms with Crippen molar-refractivity contribution in [3.63, 3.8) is 0 Å². The summed E-state index contributed by atoms with van der Waals surface area (Å²) in [6.45, 7) is 0. The smallest absolute Gasteiger partial charge is 0.345 e. The van der Waals surface area contributed by atoms with E-state index < -0.39 is 18.2 Å². The van der Waals surface area contributed by atoms with Crippen molar-refractivity contribution in [3.8, 4) is 5.75 Å². The molecule has 74 valence electrons. The predicted octanol–water partition coefficient (Wildman–Crippen LogP) is 0.956. The van der Waals surface area contributed by atoms with Gasteiger partial charge in [-0.3, -0.25) is 0 Å². The Bertz CT molecular complexity index is 361. The molecule has 4 heteroatoms. The maximum Gasteiger partial charge on any atom is 0.345 e. The van der Waals surface area contributed by atoms with Crippen molar-refractivity contribution < 1.29 is 19.7 Å². The van der Waals surface area contributed by atoms with Crippen molar-refractivity contribution in [2.75, 3.05) is 0 Å². The minimum Gasteiger partial charge on any atom is -0.479 e. The number of rotatable bonds is 1. The van der Waals surface area contributed by atoms with Crippen LogP contribution in [0.25, 0.3) is 0 Å². The molecule has 2 N–H and O–H groups in total. The minimum atomic E-state index is -1.04. The van der Waals surface area contributed by atoms with E-state index in [0.717, 1.165) is 0 Å². The lowest BCUT2D eigenvalue weighted by Crippen LogP contribution is -2.32. The molecule has 0 spiro atoms. The van der Waals surface area contributed by atoms with Gasteiger partial charge in [-0.1, -0.05) is 18.2 Å². The second kappa shape index (κ2) is 3.31. The van der Waals surface area contributed by atoms with Crippen molar-refractivity contribution >= 4 is 5.97 Å². The van der Waals surface area contributed by atoms with Crippen LogP contribution in [0.1, 0.15) is 18.1 Å². The third-order valence-electron chi connectivity index (χ3n) is 2.26. The molecular weight excluding hydrogens is 184 g/mol. The molecule has 14 heavy (non-hydrogen) atoms. The Morgan fingerprint density at radius 3 is 2.86 bits per heavy atom. The number of carboxylic acid groups (broad SMARTS) is 1. The van der Waals surface area contributed by atoms with E-state index in [1.807, 2.05) is 0 Å². The molecule has 2 rings (SSSR count). The van der Waals surface area contributed by atoms with E-state index in [1.165, 1.54) is 0 Å². The first-order valence-electron chi connectivity index (χ1n) is 4.35. The van der Waals surface area contributed by atoms with Crippen molar-refractivity contribution in [2.45, 2.75) is 18.6 Å². The number of carboxylic acids is 1. The number of benzene rings is 1. The van der Waals surface area contributed by atoms with Gasteiger partial charge in [0.25, 0.3) is 0 Å². The van der Waals surface area contributed by atoms with Gasteiger partial charge >= 0.3 is 5.97 Å². The van der Waals surface area contributed by atoms with E-state index in [2.05, 4.69) is 0 Å². The molecule has 0 saturated heterocycles. The first kappa shape index (κ1) is 9.02. The quantitative estimate of drug-likeness (QED) is 0.698. The summed E-state index contributed by atoms with van der Waals surface area (Å²) >= 11 is 0. The van der Waals surface area contributed by atoms with Gasteiger partial charge in [-0.2, -0.15) is 0 Å². The molecule has 0 saturated carbocycles. The van der Waals surface area contributed by atoms with E-state index in [0.29, 0.717) is 11.3 Å². The summed E-state index contributed by atoms with van der Waals surface area (Å²) < 4.78 is 5.20. The number of hydrogen-bond donors (Lipinski definition) is 2. The normalized spacial score (nSPS) is 24.9. The van der Waals surface area contributed by atoms with E-state index in [-0.39, 0.29) is 6.42 Å². The topological polar surface area (TPSA) is 66.8 Å². The Labute approximate surface area is 80.7 Å². The maximum absolute atomic E-state index is 10.7. The lowest BCUT2D eigenvalue weighted by atomic mass is 9.99. The zero-order valence-corrected chi connectivity index (χ0v) is 7.38. The Kier molecular flexibility index (Phi) is 2.13. The van der Waals surface area contributed by atoms with Crippen LogP contribution in [0.3, 0.4) is 0 Å². The highest BCUT2D eigenvalue weighted by Gasteiger charge is 2.30. The summed E-state index contributed by atoms with van der Waals surface area (Å²) in [7, 11) is 0. The zero-order valence-electron chi connectivity index (χ0n) is 7.38. The number of para-hydroxylation sites is 1. The highest BCUT2D eigenvalue weighted by molar-refractivity contribution is 5.73.